The lowest BCUT2D eigenvalue weighted by molar-refractivity contribution is -0.140. The van der Waals surface area contributed by atoms with E-state index in [-0.39, 0.29) is 39.6 Å². The normalized spacial score (nSPS) is 17.5. The number of ether oxygens (including phenoxy) is 3. The van der Waals surface area contributed by atoms with Gasteiger partial charge in [0.1, 0.15) is 17.3 Å². The number of aliphatic hydroxyl groups excluding tert-OH is 1. The van der Waals surface area contributed by atoms with Crippen LogP contribution in [0.25, 0.3) is 5.76 Å². The smallest absolute Gasteiger partial charge is 0.295 e. The summed E-state index contributed by atoms with van der Waals surface area (Å²) in [4.78, 5) is 27.8. The number of para-hydroxylation sites is 1. The van der Waals surface area contributed by atoms with Gasteiger partial charge in [0.25, 0.3) is 11.7 Å². The van der Waals surface area contributed by atoms with E-state index in [0.717, 1.165) is 0 Å². The van der Waals surface area contributed by atoms with Gasteiger partial charge in [-0.1, -0.05) is 41.4 Å². The molecule has 1 amide bonds. The first kappa shape index (κ1) is 25.9. The van der Waals surface area contributed by atoms with Gasteiger partial charge in [0, 0.05) is 23.7 Å². The third-order valence-electron chi connectivity index (χ3n) is 5.44. The first-order valence-corrected chi connectivity index (χ1v) is 11.5. The van der Waals surface area contributed by atoms with Crippen LogP contribution in [0, 0.1) is 0 Å². The molecule has 1 atom stereocenters. The Hall–Kier alpha value is -2.74. The number of halogens is 2. The fourth-order valence-electron chi connectivity index (χ4n) is 3.97. The zero-order valence-corrected chi connectivity index (χ0v) is 20.9. The number of aliphatic hydroxyl groups is 1. The number of amides is 1. The van der Waals surface area contributed by atoms with Crippen LogP contribution in [0.3, 0.4) is 0 Å². The number of benzene rings is 2. The number of rotatable bonds is 9. The SMILES string of the molecule is COc1ccccc1C1/C(=C(\O)c2cc(Cl)cc(Cl)c2OC)C(=O)C(=O)N1CCCOC(C)C. The van der Waals surface area contributed by atoms with Crippen molar-refractivity contribution in [2.45, 2.75) is 32.4 Å². The third-order valence-corrected chi connectivity index (χ3v) is 5.93. The standard InChI is InChI=1S/C25H27Cl2NO6/c1-14(2)34-11-7-10-28-21(16-8-5-6-9-19(16)32-3)20(23(30)25(28)31)22(29)17-12-15(26)13-18(27)24(17)33-4/h5-6,8-9,12-14,21,29H,7,10-11H2,1-4H3/b22-20+. The minimum atomic E-state index is -0.891. The zero-order valence-electron chi connectivity index (χ0n) is 19.4. The van der Waals surface area contributed by atoms with Crippen LogP contribution in [0.1, 0.15) is 37.4 Å². The highest BCUT2D eigenvalue weighted by Crippen LogP contribution is 2.45. The van der Waals surface area contributed by atoms with E-state index < -0.39 is 23.5 Å². The Labute approximate surface area is 208 Å². The topological polar surface area (TPSA) is 85.3 Å². The molecule has 0 spiro atoms. The Morgan fingerprint density at radius 1 is 1.12 bits per heavy atom. The minimum absolute atomic E-state index is 0.0421. The summed E-state index contributed by atoms with van der Waals surface area (Å²) < 4.78 is 16.5. The molecule has 182 valence electrons. The average molecular weight is 508 g/mol. The fraction of sp³-hybridized carbons (Fsp3) is 0.360. The van der Waals surface area contributed by atoms with E-state index in [1.165, 1.54) is 31.3 Å². The van der Waals surface area contributed by atoms with E-state index in [2.05, 4.69) is 0 Å². The molecule has 0 bridgehead atoms. The molecular formula is C25H27Cl2NO6. The van der Waals surface area contributed by atoms with Gasteiger partial charge < -0.3 is 24.2 Å². The summed E-state index contributed by atoms with van der Waals surface area (Å²) in [6.45, 7) is 4.50. The van der Waals surface area contributed by atoms with Crippen molar-refractivity contribution in [3.05, 3.63) is 63.1 Å². The molecule has 1 N–H and O–H groups in total. The van der Waals surface area contributed by atoms with E-state index in [4.69, 9.17) is 37.4 Å². The van der Waals surface area contributed by atoms with E-state index in [1.807, 2.05) is 13.8 Å². The van der Waals surface area contributed by atoms with Crippen molar-refractivity contribution in [2.24, 2.45) is 0 Å². The van der Waals surface area contributed by atoms with Crippen molar-refractivity contribution in [1.82, 2.24) is 4.90 Å². The summed E-state index contributed by atoms with van der Waals surface area (Å²) in [5, 5.41) is 11.7. The molecule has 0 aliphatic carbocycles. The van der Waals surface area contributed by atoms with E-state index >= 15 is 0 Å². The van der Waals surface area contributed by atoms with Crippen molar-refractivity contribution in [3.8, 4) is 11.5 Å². The average Bonchev–Trinajstić information content (AvgIpc) is 3.05. The van der Waals surface area contributed by atoms with Crippen molar-refractivity contribution < 1.29 is 28.9 Å². The fourth-order valence-corrected chi connectivity index (χ4v) is 4.54. The molecular weight excluding hydrogens is 481 g/mol. The lowest BCUT2D eigenvalue weighted by Crippen LogP contribution is -2.31. The molecule has 1 fully saturated rings. The Balaban J connectivity index is 2.18. The van der Waals surface area contributed by atoms with Gasteiger partial charge in [-0.2, -0.15) is 0 Å². The summed E-state index contributed by atoms with van der Waals surface area (Å²) >= 11 is 12.4. The largest absolute Gasteiger partial charge is 0.507 e. The monoisotopic (exact) mass is 507 g/mol. The molecule has 1 heterocycles. The number of nitrogens with zero attached hydrogens (tertiary/aromatic N) is 1. The second-order valence-corrected chi connectivity index (χ2v) is 8.82. The van der Waals surface area contributed by atoms with Gasteiger partial charge in [-0.25, -0.2) is 0 Å². The van der Waals surface area contributed by atoms with Gasteiger partial charge >= 0.3 is 0 Å². The first-order valence-electron chi connectivity index (χ1n) is 10.8. The molecule has 1 aliphatic rings. The van der Waals surface area contributed by atoms with Gasteiger partial charge in [-0.15, -0.1) is 0 Å². The van der Waals surface area contributed by atoms with E-state index in [0.29, 0.717) is 24.3 Å². The third kappa shape index (κ3) is 5.17. The van der Waals surface area contributed by atoms with Crippen LogP contribution in [0.2, 0.25) is 10.0 Å². The van der Waals surface area contributed by atoms with Gasteiger partial charge in [-0.3, -0.25) is 9.59 Å². The Bertz CT molecular complexity index is 1110. The Morgan fingerprint density at radius 2 is 1.82 bits per heavy atom. The number of hydrogen-bond donors (Lipinski definition) is 1. The van der Waals surface area contributed by atoms with Crippen LogP contribution < -0.4 is 9.47 Å². The van der Waals surface area contributed by atoms with Crippen LogP contribution in [-0.4, -0.2) is 55.2 Å². The molecule has 0 saturated carbocycles. The number of carbonyl (C=O) groups is 2. The summed E-state index contributed by atoms with van der Waals surface area (Å²) in [6.07, 6.45) is 0.545. The lowest BCUT2D eigenvalue weighted by Gasteiger charge is -2.27. The van der Waals surface area contributed by atoms with Crippen LogP contribution in [0.5, 0.6) is 11.5 Å². The maximum Gasteiger partial charge on any atom is 0.295 e. The van der Waals surface area contributed by atoms with Gasteiger partial charge in [0.15, 0.2) is 0 Å². The number of methoxy groups -OCH3 is 2. The molecule has 2 aromatic carbocycles. The highest BCUT2D eigenvalue weighted by molar-refractivity contribution is 6.47. The Kier molecular flexibility index (Phi) is 8.47. The predicted molar refractivity (Wildman–Crippen MR) is 131 cm³/mol. The van der Waals surface area contributed by atoms with E-state index in [1.54, 1.807) is 24.3 Å². The van der Waals surface area contributed by atoms with Crippen molar-refractivity contribution in [2.75, 3.05) is 27.4 Å². The van der Waals surface area contributed by atoms with Crippen molar-refractivity contribution in [3.63, 3.8) is 0 Å². The second-order valence-electron chi connectivity index (χ2n) is 7.98. The highest BCUT2D eigenvalue weighted by atomic mass is 35.5. The Morgan fingerprint density at radius 3 is 2.47 bits per heavy atom. The quantitative estimate of drug-likeness (QED) is 0.216. The van der Waals surface area contributed by atoms with Gasteiger partial charge in [0.2, 0.25) is 0 Å². The molecule has 1 saturated heterocycles. The maximum absolute atomic E-state index is 13.2. The van der Waals surface area contributed by atoms with Gasteiger partial charge in [0.05, 0.1) is 42.5 Å². The molecule has 0 aromatic heterocycles. The molecule has 7 nitrogen and oxygen atoms in total. The molecule has 0 radical (unpaired) electrons. The number of carbonyl (C=O) groups excluding carboxylic acids is 2. The van der Waals surface area contributed by atoms with Crippen LogP contribution in [0.15, 0.2) is 42.0 Å². The number of likely N-dealkylation sites (tertiary alicyclic amines) is 1. The molecule has 1 unspecified atom stereocenters. The second kappa shape index (κ2) is 11.1. The van der Waals surface area contributed by atoms with Crippen LogP contribution in [0.4, 0.5) is 0 Å². The van der Waals surface area contributed by atoms with E-state index in [9.17, 15) is 14.7 Å². The van der Waals surface area contributed by atoms with Crippen molar-refractivity contribution in [1.29, 1.82) is 0 Å². The predicted octanol–water partition coefficient (Wildman–Crippen LogP) is 5.25. The summed E-state index contributed by atoms with van der Waals surface area (Å²) in [5.41, 5.74) is 0.569. The molecule has 34 heavy (non-hydrogen) atoms. The maximum atomic E-state index is 13.2. The van der Waals surface area contributed by atoms with Gasteiger partial charge in [-0.05, 0) is 38.5 Å². The minimum Gasteiger partial charge on any atom is -0.507 e. The number of ketones is 1. The molecule has 9 heteroatoms. The molecule has 2 aromatic rings. The van der Waals surface area contributed by atoms with Crippen molar-refractivity contribution >= 4 is 40.7 Å². The van der Waals surface area contributed by atoms with Crippen LogP contribution in [-0.2, 0) is 14.3 Å². The number of hydrogen-bond acceptors (Lipinski definition) is 6. The molecule has 1 aliphatic heterocycles. The summed E-state index contributed by atoms with van der Waals surface area (Å²) in [7, 11) is 2.89. The molecule has 3 rings (SSSR count). The first-order chi connectivity index (χ1) is 16.2. The summed E-state index contributed by atoms with van der Waals surface area (Å²) in [5.74, 6) is -1.37. The lowest BCUT2D eigenvalue weighted by atomic mass is 9.94. The summed E-state index contributed by atoms with van der Waals surface area (Å²) in [6, 6.07) is 9.05. The van der Waals surface area contributed by atoms with Crippen LogP contribution >= 0.6 is 23.2 Å². The number of Topliss-reactive ketones (excluding diaryl/α,β-unsaturated/α-hetero) is 1. The zero-order chi connectivity index (χ0) is 25.0. The highest BCUT2D eigenvalue weighted by Gasteiger charge is 2.47.